The van der Waals surface area contributed by atoms with Crippen molar-refractivity contribution in [2.75, 3.05) is 0 Å². The highest BCUT2D eigenvalue weighted by molar-refractivity contribution is 5.95. The number of unbranched alkanes of at least 4 members (excludes halogenated alkanes) is 9. The fourth-order valence-electron chi connectivity index (χ4n) is 2.88. The first-order valence-corrected chi connectivity index (χ1v) is 8.84. The Morgan fingerprint density at radius 3 is 1.90 bits per heavy atom. The van der Waals surface area contributed by atoms with Crippen LogP contribution < -0.4 is 0 Å². The van der Waals surface area contributed by atoms with Gasteiger partial charge < -0.3 is 0 Å². The molecule has 1 nitrogen and oxygen atoms in total. The molecule has 0 saturated carbocycles. The van der Waals surface area contributed by atoms with E-state index in [1.807, 2.05) is 18.2 Å². The van der Waals surface area contributed by atoms with E-state index in [0.717, 1.165) is 12.0 Å². The molecule has 0 bridgehead atoms. The van der Waals surface area contributed by atoms with Gasteiger partial charge in [-0.1, -0.05) is 89.0 Å². The number of Topliss-reactive ketones (excluding diaryl/α,β-unsaturated/α-hetero) is 1. The molecule has 118 valence electrons. The average molecular weight is 288 g/mol. The fraction of sp³-hybridized carbons (Fsp3) is 0.650. The van der Waals surface area contributed by atoms with Gasteiger partial charge >= 0.3 is 0 Å². The second kappa shape index (κ2) is 11.5. The minimum absolute atomic E-state index is 0.192. The van der Waals surface area contributed by atoms with Crippen LogP contribution in [0, 0.1) is 0 Å². The molecule has 1 aromatic rings. The number of ketones is 1. The number of carbonyl (C=O) groups excluding carboxylic acids is 1. The Morgan fingerprint density at radius 1 is 0.810 bits per heavy atom. The summed E-state index contributed by atoms with van der Waals surface area (Å²) in [6.07, 6.45) is 14.6. The average Bonchev–Trinajstić information content (AvgIpc) is 2.49. The maximum absolute atomic E-state index is 11.5. The predicted molar refractivity (Wildman–Crippen MR) is 92.0 cm³/mol. The normalized spacial score (nSPS) is 10.8. The van der Waals surface area contributed by atoms with Crippen molar-refractivity contribution >= 4 is 5.78 Å². The van der Waals surface area contributed by atoms with Gasteiger partial charge in [0.1, 0.15) is 0 Å². The third kappa shape index (κ3) is 8.04. The summed E-state index contributed by atoms with van der Waals surface area (Å²) in [5.41, 5.74) is 2.14. The zero-order valence-corrected chi connectivity index (χ0v) is 14.0. The second-order valence-electron chi connectivity index (χ2n) is 6.15. The van der Waals surface area contributed by atoms with Crippen molar-refractivity contribution in [1.82, 2.24) is 0 Å². The molecule has 1 aromatic carbocycles. The summed E-state index contributed by atoms with van der Waals surface area (Å²) in [6.45, 7) is 3.93. The molecule has 0 aliphatic carbocycles. The van der Waals surface area contributed by atoms with Gasteiger partial charge in [0.15, 0.2) is 5.78 Å². The molecule has 0 saturated heterocycles. The predicted octanol–water partition coefficient (Wildman–Crippen LogP) is 6.35. The molecule has 0 amide bonds. The molecule has 0 aliphatic heterocycles. The van der Waals surface area contributed by atoms with E-state index < -0.39 is 0 Å². The molecule has 0 spiro atoms. The second-order valence-corrected chi connectivity index (χ2v) is 6.15. The van der Waals surface area contributed by atoms with Crippen LogP contribution in [-0.4, -0.2) is 5.78 Å². The largest absolute Gasteiger partial charge is 0.295 e. The standard InChI is InChI=1S/C20H32O/c1-3-4-5-6-7-8-9-10-11-12-15-19-16-13-14-17-20(19)18(2)21/h13-14,16-17H,3-12,15H2,1-2H3. The van der Waals surface area contributed by atoms with Gasteiger partial charge in [0.2, 0.25) is 0 Å². The molecule has 0 N–H and O–H groups in total. The number of rotatable bonds is 12. The van der Waals surface area contributed by atoms with Gasteiger partial charge in [0.05, 0.1) is 0 Å². The van der Waals surface area contributed by atoms with Crippen LogP contribution in [0.25, 0.3) is 0 Å². The molecule has 1 heteroatoms. The van der Waals surface area contributed by atoms with Crippen molar-refractivity contribution in [3.63, 3.8) is 0 Å². The van der Waals surface area contributed by atoms with Crippen LogP contribution >= 0.6 is 0 Å². The summed E-state index contributed by atoms with van der Waals surface area (Å²) in [5.74, 6) is 0.192. The van der Waals surface area contributed by atoms with Crippen LogP contribution in [0.1, 0.15) is 94.0 Å². The summed E-state index contributed by atoms with van der Waals surface area (Å²) >= 11 is 0. The lowest BCUT2D eigenvalue weighted by Gasteiger charge is -2.06. The monoisotopic (exact) mass is 288 g/mol. The number of carbonyl (C=O) groups is 1. The quantitative estimate of drug-likeness (QED) is 0.323. The highest BCUT2D eigenvalue weighted by Gasteiger charge is 2.05. The van der Waals surface area contributed by atoms with Gasteiger partial charge in [-0.25, -0.2) is 0 Å². The molecule has 0 fully saturated rings. The van der Waals surface area contributed by atoms with E-state index in [2.05, 4.69) is 13.0 Å². The molecule has 1 rings (SSSR count). The molecule has 0 radical (unpaired) electrons. The van der Waals surface area contributed by atoms with Crippen molar-refractivity contribution in [2.24, 2.45) is 0 Å². The van der Waals surface area contributed by atoms with Gasteiger partial charge in [-0.15, -0.1) is 0 Å². The van der Waals surface area contributed by atoms with Crippen molar-refractivity contribution < 1.29 is 4.79 Å². The summed E-state index contributed by atoms with van der Waals surface area (Å²) in [4.78, 5) is 11.5. The molecule has 21 heavy (non-hydrogen) atoms. The van der Waals surface area contributed by atoms with E-state index >= 15 is 0 Å². The van der Waals surface area contributed by atoms with E-state index in [1.165, 1.54) is 69.8 Å². The highest BCUT2D eigenvalue weighted by Crippen LogP contribution is 2.15. The Labute approximate surface area is 131 Å². The molecule has 0 atom stereocenters. The van der Waals surface area contributed by atoms with Crippen molar-refractivity contribution in [3.8, 4) is 0 Å². The Bertz CT molecular complexity index is 395. The van der Waals surface area contributed by atoms with Crippen LogP contribution in [0.3, 0.4) is 0 Å². The third-order valence-corrected chi connectivity index (χ3v) is 4.20. The fourth-order valence-corrected chi connectivity index (χ4v) is 2.88. The molecular weight excluding hydrogens is 256 g/mol. The number of hydrogen-bond donors (Lipinski definition) is 0. The smallest absolute Gasteiger partial charge is 0.160 e. The summed E-state index contributed by atoms with van der Waals surface area (Å²) in [5, 5.41) is 0. The van der Waals surface area contributed by atoms with E-state index in [1.54, 1.807) is 6.92 Å². The van der Waals surface area contributed by atoms with E-state index in [9.17, 15) is 4.79 Å². The van der Waals surface area contributed by atoms with Crippen molar-refractivity contribution in [2.45, 2.75) is 84.5 Å². The lowest BCUT2D eigenvalue weighted by Crippen LogP contribution is -1.99. The third-order valence-electron chi connectivity index (χ3n) is 4.20. The first-order chi connectivity index (χ1) is 10.3. The SMILES string of the molecule is CCCCCCCCCCCCc1ccccc1C(C)=O. The van der Waals surface area contributed by atoms with Crippen molar-refractivity contribution in [3.05, 3.63) is 35.4 Å². The Kier molecular flexibility index (Phi) is 9.86. The van der Waals surface area contributed by atoms with E-state index in [-0.39, 0.29) is 5.78 Å². The van der Waals surface area contributed by atoms with Crippen LogP contribution in [0.5, 0.6) is 0 Å². The highest BCUT2D eigenvalue weighted by atomic mass is 16.1. The number of aryl methyl sites for hydroxylation is 1. The lowest BCUT2D eigenvalue weighted by atomic mass is 9.98. The van der Waals surface area contributed by atoms with Crippen molar-refractivity contribution in [1.29, 1.82) is 0 Å². The first-order valence-electron chi connectivity index (χ1n) is 8.84. The molecule has 0 aliphatic rings. The van der Waals surface area contributed by atoms with Crippen LogP contribution in [0.2, 0.25) is 0 Å². The van der Waals surface area contributed by atoms with E-state index in [4.69, 9.17) is 0 Å². The Hall–Kier alpha value is -1.11. The van der Waals surface area contributed by atoms with E-state index in [0.29, 0.717) is 0 Å². The van der Waals surface area contributed by atoms with Gasteiger partial charge in [-0.2, -0.15) is 0 Å². The molecule has 0 aromatic heterocycles. The van der Waals surface area contributed by atoms with Crippen LogP contribution in [0.15, 0.2) is 24.3 Å². The molecular formula is C20H32O. The van der Waals surface area contributed by atoms with Gasteiger partial charge in [-0.05, 0) is 25.3 Å². The topological polar surface area (TPSA) is 17.1 Å². The van der Waals surface area contributed by atoms with Crippen LogP contribution in [0.4, 0.5) is 0 Å². The number of benzene rings is 1. The summed E-state index contributed by atoms with van der Waals surface area (Å²) < 4.78 is 0. The zero-order valence-electron chi connectivity index (χ0n) is 14.0. The Morgan fingerprint density at radius 2 is 1.33 bits per heavy atom. The molecule has 0 heterocycles. The maximum atomic E-state index is 11.5. The van der Waals surface area contributed by atoms with Gasteiger partial charge in [0, 0.05) is 5.56 Å². The van der Waals surface area contributed by atoms with Gasteiger partial charge in [0.25, 0.3) is 0 Å². The lowest BCUT2D eigenvalue weighted by molar-refractivity contribution is 0.101. The minimum Gasteiger partial charge on any atom is -0.295 e. The van der Waals surface area contributed by atoms with Crippen LogP contribution in [-0.2, 0) is 6.42 Å². The summed E-state index contributed by atoms with van der Waals surface area (Å²) in [7, 11) is 0. The minimum atomic E-state index is 0.192. The van der Waals surface area contributed by atoms with Gasteiger partial charge in [-0.3, -0.25) is 4.79 Å². The maximum Gasteiger partial charge on any atom is 0.160 e. The molecule has 0 unspecified atom stereocenters. The Balaban J connectivity index is 2.06. The zero-order chi connectivity index (χ0) is 15.3. The number of hydrogen-bond acceptors (Lipinski definition) is 1. The first kappa shape index (κ1) is 17.9. The summed E-state index contributed by atoms with van der Waals surface area (Å²) in [6, 6.07) is 8.05.